The van der Waals surface area contributed by atoms with E-state index in [2.05, 4.69) is 14.9 Å². The number of benzene rings is 2. The predicted molar refractivity (Wildman–Crippen MR) is 103 cm³/mol. The molecule has 1 aliphatic heterocycles. The van der Waals surface area contributed by atoms with Crippen molar-refractivity contribution in [1.82, 2.24) is 4.72 Å². The van der Waals surface area contributed by atoms with E-state index in [1.54, 1.807) is 12.1 Å². The quantitative estimate of drug-likeness (QED) is 0.781. The van der Waals surface area contributed by atoms with Crippen molar-refractivity contribution in [2.24, 2.45) is 0 Å². The van der Waals surface area contributed by atoms with E-state index >= 15 is 0 Å². The minimum Gasteiger partial charge on any atom is -0.370 e. The zero-order valence-electron chi connectivity index (χ0n) is 14.7. The van der Waals surface area contributed by atoms with Gasteiger partial charge in [-0.2, -0.15) is 0 Å². The number of aryl methyl sites for hydroxylation is 1. The lowest BCUT2D eigenvalue weighted by Crippen LogP contribution is -2.35. The number of likely N-dealkylation sites (N-methyl/N-ethyl adjacent to an activating group) is 1. The van der Waals surface area contributed by atoms with Gasteiger partial charge in [0.2, 0.25) is 15.9 Å². The Balaban J connectivity index is 1.65. The molecular formula is C19H23N3O3S. The number of sulfonamides is 1. The average molecular weight is 373 g/mol. The summed E-state index contributed by atoms with van der Waals surface area (Å²) in [5.74, 6) is -0.0354. The van der Waals surface area contributed by atoms with Crippen molar-refractivity contribution >= 4 is 27.3 Å². The van der Waals surface area contributed by atoms with Crippen LogP contribution in [0.2, 0.25) is 0 Å². The maximum Gasteiger partial charge on any atom is 0.240 e. The molecule has 1 heterocycles. The molecule has 0 spiro atoms. The fraction of sp³-hybridized carbons (Fsp3) is 0.316. The zero-order chi connectivity index (χ0) is 18.6. The molecule has 0 atom stereocenters. The van der Waals surface area contributed by atoms with Gasteiger partial charge in [-0.25, -0.2) is 13.1 Å². The highest BCUT2D eigenvalue weighted by molar-refractivity contribution is 7.89. The highest BCUT2D eigenvalue weighted by Crippen LogP contribution is 2.25. The van der Waals surface area contributed by atoms with E-state index in [-0.39, 0.29) is 10.8 Å². The average Bonchev–Trinajstić information content (AvgIpc) is 2.65. The summed E-state index contributed by atoms with van der Waals surface area (Å²) in [4.78, 5) is 13.8. The Morgan fingerprint density at radius 3 is 2.62 bits per heavy atom. The molecule has 6 nitrogen and oxygen atoms in total. The molecule has 0 fully saturated rings. The number of hydrogen-bond donors (Lipinski definition) is 2. The van der Waals surface area contributed by atoms with Crippen LogP contribution in [0.1, 0.15) is 18.9 Å². The fourth-order valence-corrected chi connectivity index (χ4v) is 4.11. The van der Waals surface area contributed by atoms with Crippen LogP contribution >= 0.6 is 0 Å². The highest BCUT2D eigenvalue weighted by atomic mass is 32.2. The SMILES string of the molecule is CCN(CCNS(=O)(=O)c1ccc2c(c1)CCC(=O)N2)c1ccccc1. The molecule has 7 heteroatoms. The molecule has 0 aliphatic carbocycles. The van der Waals surface area contributed by atoms with E-state index in [9.17, 15) is 13.2 Å². The van der Waals surface area contributed by atoms with Crippen LogP contribution in [0.15, 0.2) is 53.4 Å². The molecule has 0 bridgehead atoms. The lowest BCUT2D eigenvalue weighted by atomic mass is 10.0. The van der Waals surface area contributed by atoms with Gasteiger partial charge in [-0.15, -0.1) is 0 Å². The first-order valence-corrected chi connectivity index (χ1v) is 10.2. The largest absolute Gasteiger partial charge is 0.370 e. The summed E-state index contributed by atoms with van der Waals surface area (Å²) in [6, 6.07) is 14.7. The van der Waals surface area contributed by atoms with Gasteiger partial charge in [0.25, 0.3) is 0 Å². The normalized spacial score (nSPS) is 13.8. The number of para-hydroxylation sites is 1. The minimum atomic E-state index is -3.58. The molecule has 3 rings (SSSR count). The van der Waals surface area contributed by atoms with Crippen LogP contribution in [-0.4, -0.2) is 34.0 Å². The summed E-state index contributed by atoms with van der Waals surface area (Å²) in [6.45, 7) is 3.74. The number of anilines is 2. The third-order valence-corrected chi connectivity index (χ3v) is 5.92. The lowest BCUT2D eigenvalue weighted by molar-refractivity contribution is -0.116. The number of hydrogen-bond acceptors (Lipinski definition) is 4. The molecule has 0 saturated carbocycles. The van der Waals surface area contributed by atoms with Crippen LogP contribution in [0.3, 0.4) is 0 Å². The summed E-state index contributed by atoms with van der Waals surface area (Å²) in [5.41, 5.74) is 2.62. The number of carbonyl (C=O) groups is 1. The number of carbonyl (C=O) groups excluding carboxylic acids is 1. The molecular weight excluding hydrogens is 350 g/mol. The maximum atomic E-state index is 12.6. The smallest absolute Gasteiger partial charge is 0.240 e. The van der Waals surface area contributed by atoms with Gasteiger partial charge < -0.3 is 10.2 Å². The van der Waals surface area contributed by atoms with Crippen molar-refractivity contribution in [1.29, 1.82) is 0 Å². The van der Waals surface area contributed by atoms with Crippen LogP contribution in [0.25, 0.3) is 0 Å². The van der Waals surface area contributed by atoms with Crippen molar-refractivity contribution in [3.8, 4) is 0 Å². The number of amides is 1. The second kappa shape index (κ2) is 7.88. The number of nitrogens with zero attached hydrogens (tertiary/aromatic N) is 1. The van der Waals surface area contributed by atoms with Crippen LogP contribution in [0.5, 0.6) is 0 Å². The summed E-state index contributed by atoms with van der Waals surface area (Å²) in [7, 11) is -3.58. The van der Waals surface area contributed by atoms with Crippen molar-refractivity contribution in [2.45, 2.75) is 24.7 Å². The van der Waals surface area contributed by atoms with E-state index in [0.717, 1.165) is 17.8 Å². The first kappa shape index (κ1) is 18.4. The molecule has 0 radical (unpaired) electrons. The number of fused-ring (bicyclic) bond motifs is 1. The Bertz CT molecular complexity index is 882. The molecule has 138 valence electrons. The Morgan fingerprint density at radius 2 is 1.88 bits per heavy atom. The molecule has 2 aromatic carbocycles. The van der Waals surface area contributed by atoms with Gasteiger partial charge in [-0.3, -0.25) is 4.79 Å². The molecule has 0 unspecified atom stereocenters. The van der Waals surface area contributed by atoms with Gasteiger partial charge in [0.05, 0.1) is 4.90 Å². The molecule has 26 heavy (non-hydrogen) atoms. The van der Waals surface area contributed by atoms with Gasteiger partial charge in [0.15, 0.2) is 0 Å². The van der Waals surface area contributed by atoms with Crippen LogP contribution < -0.4 is 14.9 Å². The lowest BCUT2D eigenvalue weighted by Gasteiger charge is -2.23. The second-order valence-electron chi connectivity index (χ2n) is 6.18. The van der Waals surface area contributed by atoms with Gasteiger partial charge in [-0.1, -0.05) is 18.2 Å². The minimum absolute atomic E-state index is 0.0354. The summed E-state index contributed by atoms with van der Waals surface area (Å²) in [6.07, 6.45) is 0.939. The van der Waals surface area contributed by atoms with Gasteiger partial charge in [0, 0.05) is 37.4 Å². The topological polar surface area (TPSA) is 78.5 Å². The van der Waals surface area contributed by atoms with Crippen LogP contribution in [0, 0.1) is 0 Å². The molecule has 2 N–H and O–H groups in total. The van der Waals surface area contributed by atoms with Gasteiger partial charge in [-0.05, 0) is 49.2 Å². The van der Waals surface area contributed by atoms with E-state index < -0.39 is 10.0 Å². The maximum absolute atomic E-state index is 12.6. The highest BCUT2D eigenvalue weighted by Gasteiger charge is 2.19. The zero-order valence-corrected chi connectivity index (χ0v) is 15.6. The van der Waals surface area contributed by atoms with Crippen molar-refractivity contribution in [3.05, 3.63) is 54.1 Å². The summed E-state index contributed by atoms with van der Waals surface area (Å²) < 4.78 is 27.8. The number of rotatable bonds is 7. The Hall–Kier alpha value is -2.38. The van der Waals surface area contributed by atoms with Gasteiger partial charge in [0.1, 0.15) is 0 Å². The molecule has 2 aromatic rings. The van der Waals surface area contributed by atoms with E-state index in [0.29, 0.717) is 31.6 Å². The van der Waals surface area contributed by atoms with Gasteiger partial charge >= 0.3 is 0 Å². The summed E-state index contributed by atoms with van der Waals surface area (Å²) in [5, 5.41) is 2.76. The van der Waals surface area contributed by atoms with E-state index in [1.165, 1.54) is 6.07 Å². The van der Waals surface area contributed by atoms with Crippen molar-refractivity contribution in [2.75, 3.05) is 29.9 Å². The van der Waals surface area contributed by atoms with E-state index in [1.807, 2.05) is 37.3 Å². The fourth-order valence-electron chi connectivity index (χ4n) is 3.03. The third-order valence-electron chi connectivity index (χ3n) is 4.46. The summed E-state index contributed by atoms with van der Waals surface area (Å²) >= 11 is 0. The Kier molecular flexibility index (Phi) is 5.58. The Morgan fingerprint density at radius 1 is 1.12 bits per heavy atom. The molecule has 1 aliphatic rings. The Labute approximate surface area is 154 Å². The van der Waals surface area contributed by atoms with Crippen LogP contribution in [0.4, 0.5) is 11.4 Å². The van der Waals surface area contributed by atoms with Crippen molar-refractivity contribution in [3.63, 3.8) is 0 Å². The first-order valence-electron chi connectivity index (χ1n) is 8.72. The predicted octanol–water partition coefficient (Wildman–Crippen LogP) is 2.38. The number of nitrogens with one attached hydrogen (secondary N) is 2. The molecule has 0 saturated heterocycles. The van der Waals surface area contributed by atoms with E-state index in [4.69, 9.17) is 0 Å². The monoisotopic (exact) mass is 373 g/mol. The first-order chi connectivity index (χ1) is 12.5. The second-order valence-corrected chi connectivity index (χ2v) is 7.95. The van der Waals surface area contributed by atoms with Crippen molar-refractivity contribution < 1.29 is 13.2 Å². The molecule has 1 amide bonds. The van der Waals surface area contributed by atoms with Crippen LogP contribution in [-0.2, 0) is 21.2 Å². The third kappa shape index (κ3) is 4.23. The molecule has 0 aromatic heterocycles. The standard InChI is InChI=1S/C19H23N3O3S/c1-2-22(16-6-4-3-5-7-16)13-12-20-26(24,25)17-9-10-18-15(14-17)8-11-19(23)21-18/h3-7,9-10,14,20H,2,8,11-13H2,1H3,(H,21,23).